The van der Waals surface area contributed by atoms with Gasteiger partial charge in [-0.1, -0.05) is 26.0 Å². The Balaban J connectivity index is 2.27. The highest BCUT2D eigenvalue weighted by atomic mass is 16.5. The number of amides is 1. The van der Waals surface area contributed by atoms with E-state index in [2.05, 4.69) is 15.3 Å². The Hall–Kier alpha value is -2.83. The molecule has 2 aromatic rings. The molecule has 7 nitrogen and oxygen atoms in total. The largest absolute Gasteiger partial charge is 0.497 e. The molecular weight excluding hydrogens is 310 g/mol. The average Bonchev–Trinajstić information content (AvgIpc) is 2.93. The summed E-state index contributed by atoms with van der Waals surface area (Å²) in [4.78, 5) is 31.0. The number of aryl methyl sites for hydroxylation is 1. The van der Waals surface area contributed by atoms with Crippen LogP contribution in [0.1, 0.15) is 30.0 Å². The zero-order valence-electron chi connectivity index (χ0n) is 14.1. The number of aromatic amines is 1. The van der Waals surface area contributed by atoms with Crippen LogP contribution < -0.4 is 10.1 Å². The van der Waals surface area contributed by atoms with Gasteiger partial charge in [-0.15, -0.1) is 0 Å². The molecule has 1 aromatic heterocycles. The molecule has 0 fully saturated rings. The molecule has 128 valence electrons. The zero-order valence-corrected chi connectivity index (χ0v) is 14.1. The smallest absolute Gasteiger partial charge is 0.326 e. The van der Waals surface area contributed by atoms with Gasteiger partial charge in [0.2, 0.25) is 0 Å². The molecule has 0 unspecified atom stereocenters. The minimum atomic E-state index is -1.07. The molecule has 1 atom stereocenters. The van der Waals surface area contributed by atoms with Gasteiger partial charge in [0.1, 0.15) is 23.3 Å². The molecule has 3 N–H and O–H groups in total. The van der Waals surface area contributed by atoms with Crippen LogP contribution in [0.2, 0.25) is 0 Å². The Morgan fingerprint density at radius 1 is 1.33 bits per heavy atom. The Labute approximate surface area is 140 Å². The first kappa shape index (κ1) is 17.5. The van der Waals surface area contributed by atoms with Crippen molar-refractivity contribution in [2.45, 2.75) is 26.8 Å². The fourth-order valence-electron chi connectivity index (χ4n) is 2.31. The summed E-state index contributed by atoms with van der Waals surface area (Å²) in [5.41, 5.74) is 1.52. The average molecular weight is 331 g/mol. The summed E-state index contributed by atoms with van der Waals surface area (Å²) >= 11 is 0. The first-order valence-electron chi connectivity index (χ1n) is 7.58. The third-order valence-corrected chi connectivity index (χ3v) is 3.66. The lowest BCUT2D eigenvalue weighted by Crippen LogP contribution is -2.44. The number of nitrogens with one attached hydrogen (secondary N) is 2. The van der Waals surface area contributed by atoms with E-state index in [1.807, 2.05) is 18.2 Å². The molecule has 1 aromatic carbocycles. The van der Waals surface area contributed by atoms with E-state index in [1.165, 1.54) is 0 Å². The standard InChI is InChI=1S/C17H21N3O4/c1-9(2)13(17(22)23)20-16(21)14-10(3)18-15(19-14)11-6-5-7-12(8-11)24-4/h5-9,13H,1-4H3,(H,18,19)(H,20,21)(H,22,23)/t13-/m1/s1. The van der Waals surface area contributed by atoms with Gasteiger partial charge in [0.25, 0.3) is 5.91 Å². The zero-order chi connectivity index (χ0) is 17.9. The summed E-state index contributed by atoms with van der Waals surface area (Å²) in [6.45, 7) is 5.19. The number of aromatic nitrogens is 2. The van der Waals surface area contributed by atoms with Gasteiger partial charge in [0, 0.05) is 11.3 Å². The highest BCUT2D eigenvalue weighted by Gasteiger charge is 2.26. The number of imidazole rings is 1. The maximum Gasteiger partial charge on any atom is 0.326 e. The van der Waals surface area contributed by atoms with E-state index in [9.17, 15) is 14.7 Å². The van der Waals surface area contributed by atoms with Crippen LogP contribution in [0, 0.1) is 12.8 Å². The van der Waals surface area contributed by atoms with Crippen molar-refractivity contribution in [1.29, 1.82) is 0 Å². The lowest BCUT2D eigenvalue weighted by molar-refractivity contribution is -0.140. The number of carboxylic acids is 1. The number of benzene rings is 1. The third kappa shape index (κ3) is 3.73. The normalized spacial score (nSPS) is 12.0. The molecule has 0 saturated carbocycles. The summed E-state index contributed by atoms with van der Waals surface area (Å²) in [6, 6.07) is 6.32. The quantitative estimate of drug-likeness (QED) is 0.753. The molecule has 1 amide bonds. The minimum absolute atomic E-state index is 0.180. The predicted octanol–water partition coefficient (Wildman–Crippen LogP) is 2.23. The van der Waals surface area contributed by atoms with Crippen LogP contribution >= 0.6 is 0 Å². The molecule has 0 saturated heterocycles. The maximum atomic E-state index is 12.4. The highest BCUT2D eigenvalue weighted by molar-refractivity contribution is 5.96. The molecular formula is C17H21N3O4. The van der Waals surface area contributed by atoms with Crippen molar-refractivity contribution in [3.63, 3.8) is 0 Å². The minimum Gasteiger partial charge on any atom is -0.497 e. The second kappa shape index (κ2) is 7.16. The monoisotopic (exact) mass is 331 g/mol. The number of carbonyl (C=O) groups is 2. The number of carbonyl (C=O) groups excluding carboxylic acids is 1. The topological polar surface area (TPSA) is 104 Å². The van der Waals surface area contributed by atoms with Crippen molar-refractivity contribution in [1.82, 2.24) is 15.3 Å². The number of hydrogen-bond donors (Lipinski definition) is 3. The number of methoxy groups -OCH3 is 1. The van der Waals surface area contributed by atoms with Crippen LogP contribution in [0.4, 0.5) is 0 Å². The second-order valence-corrected chi connectivity index (χ2v) is 5.82. The van der Waals surface area contributed by atoms with Gasteiger partial charge in [-0.25, -0.2) is 9.78 Å². The molecule has 2 rings (SSSR count). The summed E-state index contributed by atoms with van der Waals surface area (Å²) in [6.07, 6.45) is 0. The van der Waals surface area contributed by atoms with Crippen LogP contribution in [0.15, 0.2) is 24.3 Å². The van der Waals surface area contributed by atoms with Crippen molar-refractivity contribution in [2.75, 3.05) is 7.11 Å². The van der Waals surface area contributed by atoms with E-state index in [0.717, 1.165) is 5.56 Å². The maximum absolute atomic E-state index is 12.4. The number of nitrogens with zero attached hydrogens (tertiary/aromatic N) is 1. The van der Waals surface area contributed by atoms with Crippen molar-refractivity contribution in [3.05, 3.63) is 35.7 Å². The number of aliphatic carboxylic acids is 1. The summed E-state index contributed by atoms with van der Waals surface area (Å²) < 4.78 is 5.18. The highest BCUT2D eigenvalue weighted by Crippen LogP contribution is 2.22. The fourth-order valence-corrected chi connectivity index (χ4v) is 2.31. The Bertz CT molecular complexity index is 752. The van der Waals surface area contributed by atoms with Crippen LogP contribution in [-0.2, 0) is 4.79 Å². The van der Waals surface area contributed by atoms with E-state index >= 15 is 0 Å². The third-order valence-electron chi connectivity index (χ3n) is 3.66. The molecule has 24 heavy (non-hydrogen) atoms. The molecule has 0 bridgehead atoms. The summed E-state index contributed by atoms with van der Waals surface area (Å²) in [5.74, 6) is -0.617. The van der Waals surface area contributed by atoms with Crippen LogP contribution in [0.25, 0.3) is 11.4 Å². The summed E-state index contributed by atoms with van der Waals surface area (Å²) in [5, 5.41) is 11.7. The van der Waals surface area contributed by atoms with Gasteiger partial charge in [-0.2, -0.15) is 0 Å². The van der Waals surface area contributed by atoms with Crippen LogP contribution in [0.3, 0.4) is 0 Å². The Morgan fingerprint density at radius 2 is 2.04 bits per heavy atom. The Morgan fingerprint density at radius 3 is 2.62 bits per heavy atom. The van der Waals surface area contributed by atoms with Gasteiger partial charge >= 0.3 is 5.97 Å². The molecule has 0 radical (unpaired) electrons. The van der Waals surface area contributed by atoms with Gasteiger partial charge in [-0.3, -0.25) is 4.79 Å². The number of H-pyrrole nitrogens is 1. The number of hydrogen-bond acceptors (Lipinski definition) is 4. The van der Waals surface area contributed by atoms with Gasteiger partial charge < -0.3 is 20.1 Å². The molecule has 0 spiro atoms. The van der Waals surface area contributed by atoms with Gasteiger partial charge in [0.05, 0.1) is 7.11 Å². The van der Waals surface area contributed by atoms with Crippen molar-refractivity contribution in [3.8, 4) is 17.1 Å². The number of rotatable bonds is 6. The van der Waals surface area contributed by atoms with Gasteiger partial charge in [-0.05, 0) is 25.0 Å². The van der Waals surface area contributed by atoms with Crippen LogP contribution in [-0.4, -0.2) is 40.1 Å². The predicted molar refractivity (Wildman–Crippen MR) is 89.0 cm³/mol. The van der Waals surface area contributed by atoms with Crippen molar-refractivity contribution in [2.24, 2.45) is 5.92 Å². The van der Waals surface area contributed by atoms with Crippen LogP contribution in [0.5, 0.6) is 5.75 Å². The molecule has 0 aliphatic heterocycles. The SMILES string of the molecule is COc1cccc(-c2nc(C(=O)N[C@@H](C(=O)O)C(C)C)c(C)[nH]2)c1. The molecule has 1 heterocycles. The fraction of sp³-hybridized carbons (Fsp3) is 0.353. The number of ether oxygens (including phenoxy) is 1. The van der Waals surface area contributed by atoms with E-state index < -0.39 is 17.9 Å². The second-order valence-electron chi connectivity index (χ2n) is 5.82. The molecule has 0 aliphatic carbocycles. The Kier molecular flexibility index (Phi) is 5.23. The first-order chi connectivity index (χ1) is 11.3. The first-order valence-corrected chi connectivity index (χ1v) is 7.58. The van der Waals surface area contributed by atoms with E-state index in [-0.39, 0.29) is 11.6 Å². The molecule has 0 aliphatic rings. The lowest BCUT2D eigenvalue weighted by atomic mass is 10.0. The van der Waals surface area contributed by atoms with Gasteiger partial charge in [0.15, 0.2) is 0 Å². The van der Waals surface area contributed by atoms with Crippen molar-refractivity contribution >= 4 is 11.9 Å². The molecule has 7 heteroatoms. The number of carboxylic acid groups (broad SMARTS) is 1. The van der Waals surface area contributed by atoms with E-state index in [1.54, 1.807) is 33.9 Å². The van der Waals surface area contributed by atoms with E-state index in [0.29, 0.717) is 17.3 Å². The lowest BCUT2D eigenvalue weighted by Gasteiger charge is -2.17. The van der Waals surface area contributed by atoms with Crippen molar-refractivity contribution < 1.29 is 19.4 Å². The van der Waals surface area contributed by atoms with E-state index in [4.69, 9.17) is 4.74 Å². The summed E-state index contributed by atoms with van der Waals surface area (Å²) in [7, 11) is 1.57.